The largest absolute Gasteiger partial charge is 0.271 e. The molecular weight excluding hydrogens is 283 g/mol. The molecule has 106 valence electrons. The van der Waals surface area contributed by atoms with Gasteiger partial charge in [-0.15, -0.1) is 0 Å². The monoisotopic (exact) mass is 302 g/mol. The summed E-state index contributed by atoms with van der Waals surface area (Å²) in [5, 5.41) is 1.32. The number of thioether (sulfide) groups is 1. The van der Waals surface area contributed by atoms with E-state index in [1.807, 2.05) is 11.8 Å². The van der Waals surface area contributed by atoms with Crippen molar-refractivity contribution in [1.29, 1.82) is 0 Å². The zero-order valence-corrected chi connectivity index (χ0v) is 12.4. The van der Waals surface area contributed by atoms with Gasteiger partial charge in [-0.3, -0.25) is 11.3 Å². The summed E-state index contributed by atoms with van der Waals surface area (Å²) in [4.78, 5) is 0. The molecule has 0 aromatic heterocycles. The van der Waals surface area contributed by atoms with Crippen molar-refractivity contribution in [3.05, 3.63) is 34.6 Å². The number of hydrogen-bond donors (Lipinski definition) is 2. The first kappa shape index (κ1) is 15.1. The molecule has 0 radical (unpaired) electrons. The maximum Gasteiger partial charge on any atom is 0.126 e. The maximum atomic E-state index is 13.7. The van der Waals surface area contributed by atoms with Gasteiger partial charge < -0.3 is 0 Å². The van der Waals surface area contributed by atoms with Gasteiger partial charge in [-0.05, 0) is 43.0 Å². The standard InChI is InChI=1S/C14H20ClFN2S/c15-11-5-6-14(16)10(7-11)8-12(18-17)9-19-13-3-1-2-4-13/h5-7,12-13,18H,1-4,8-9,17H2. The summed E-state index contributed by atoms with van der Waals surface area (Å²) in [5.74, 6) is 6.27. The van der Waals surface area contributed by atoms with Gasteiger partial charge in [0.05, 0.1) is 0 Å². The molecular formula is C14H20ClFN2S. The first-order valence-corrected chi connectivity index (χ1v) is 8.13. The Hall–Kier alpha value is -0.290. The molecule has 0 bridgehead atoms. The van der Waals surface area contributed by atoms with Crippen LogP contribution in [0.3, 0.4) is 0 Å². The first-order valence-electron chi connectivity index (χ1n) is 6.70. The minimum absolute atomic E-state index is 0.0820. The second kappa shape index (κ2) is 7.48. The van der Waals surface area contributed by atoms with Crippen LogP contribution in [0.4, 0.5) is 4.39 Å². The molecule has 2 rings (SSSR count). The van der Waals surface area contributed by atoms with Crippen molar-refractivity contribution in [3.63, 3.8) is 0 Å². The van der Waals surface area contributed by atoms with Crippen LogP contribution in [0.25, 0.3) is 0 Å². The molecule has 3 N–H and O–H groups in total. The van der Waals surface area contributed by atoms with Gasteiger partial charge in [-0.25, -0.2) is 4.39 Å². The van der Waals surface area contributed by atoms with E-state index in [9.17, 15) is 4.39 Å². The van der Waals surface area contributed by atoms with Crippen LogP contribution < -0.4 is 11.3 Å². The van der Waals surface area contributed by atoms with Crippen LogP contribution in [0.1, 0.15) is 31.2 Å². The van der Waals surface area contributed by atoms with E-state index < -0.39 is 0 Å². The van der Waals surface area contributed by atoms with E-state index in [4.69, 9.17) is 17.4 Å². The predicted octanol–water partition coefficient (Wildman–Crippen LogP) is 3.53. The topological polar surface area (TPSA) is 38.0 Å². The number of nitrogens with one attached hydrogen (secondary N) is 1. The lowest BCUT2D eigenvalue weighted by atomic mass is 10.1. The zero-order chi connectivity index (χ0) is 13.7. The molecule has 1 aliphatic rings. The lowest BCUT2D eigenvalue weighted by Gasteiger charge is -2.18. The summed E-state index contributed by atoms with van der Waals surface area (Å²) in [6, 6.07) is 4.74. The number of halogens is 2. The molecule has 0 spiro atoms. The van der Waals surface area contributed by atoms with E-state index >= 15 is 0 Å². The highest BCUT2D eigenvalue weighted by Gasteiger charge is 2.18. The van der Waals surface area contributed by atoms with E-state index in [1.165, 1.54) is 31.7 Å². The van der Waals surface area contributed by atoms with Crippen molar-refractivity contribution in [2.45, 2.75) is 43.4 Å². The van der Waals surface area contributed by atoms with Gasteiger partial charge >= 0.3 is 0 Å². The van der Waals surface area contributed by atoms with Gasteiger partial charge in [0.1, 0.15) is 5.82 Å². The van der Waals surface area contributed by atoms with E-state index in [1.54, 1.807) is 12.1 Å². The van der Waals surface area contributed by atoms with E-state index in [2.05, 4.69) is 5.43 Å². The Bertz CT molecular complexity index is 410. The quantitative estimate of drug-likeness (QED) is 0.623. The Kier molecular flexibility index (Phi) is 5.95. The molecule has 0 heterocycles. The fourth-order valence-electron chi connectivity index (χ4n) is 2.44. The van der Waals surface area contributed by atoms with Crippen molar-refractivity contribution < 1.29 is 4.39 Å². The van der Waals surface area contributed by atoms with E-state index in [0.29, 0.717) is 17.0 Å². The highest BCUT2D eigenvalue weighted by molar-refractivity contribution is 7.99. The smallest absolute Gasteiger partial charge is 0.126 e. The molecule has 5 heteroatoms. The van der Waals surface area contributed by atoms with Crippen LogP contribution in [-0.2, 0) is 6.42 Å². The third kappa shape index (κ3) is 4.63. The third-order valence-corrected chi connectivity index (χ3v) is 5.32. The molecule has 1 aromatic carbocycles. The minimum atomic E-state index is -0.212. The molecule has 19 heavy (non-hydrogen) atoms. The Balaban J connectivity index is 1.88. The van der Waals surface area contributed by atoms with Crippen LogP contribution in [-0.4, -0.2) is 17.0 Å². The Morgan fingerprint density at radius 3 is 2.84 bits per heavy atom. The summed E-state index contributed by atoms with van der Waals surface area (Å²) < 4.78 is 13.7. The van der Waals surface area contributed by atoms with Gasteiger partial charge in [-0.1, -0.05) is 24.4 Å². The molecule has 0 aliphatic heterocycles. The molecule has 2 nitrogen and oxygen atoms in total. The summed E-state index contributed by atoms with van der Waals surface area (Å²) in [7, 11) is 0. The van der Waals surface area contributed by atoms with Crippen molar-refractivity contribution >= 4 is 23.4 Å². The average molecular weight is 303 g/mol. The molecule has 1 unspecified atom stereocenters. The Labute approximate surface area is 123 Å². The fourth-order valence-corrected chi connectivity index (χ4v) is 4.02. The number of hydrazine groups is 1. The summed E-state index contributed by atoms with van der Waals surface area (Å²) in [6.07, 6.45) is 5.84. The van der Waals surface area contributed by atoms with Gasteiger partial charge in [0.15, 0.2) is 0 Å². The van der Waals surface area contributed by atoms with Gasteiger partial charge in [-0.2, -0.15) is 11.8 Å². The molecule has 1 fully saturated rings. The lowest BCUT2D eigenvalue weighted by Crippen LogP contribution is -2.39. The van der Waals surface area contributed by atoms with Crippen LogP contribution in [0.15, 0.2) is 18.2 Å². The van der Waals surface area contributed by atoms with E-state index in [-0.39, 0.29) is 11.9 Å². The molecule has 1 saturated carbocycles. The van der Waals surface area contributed by atoms with Crippen molar-refractivity contribution in [1.82, 2.24) is 5.43 Å². The Morgan fingerprint density at radius 1 is 1.42 bits per heavy atom. The SMILES string of the molecule is NNC(CSC1CCCC1)Cc1cc(Cl)ccc1F. The summed E-state index contributed by atoms with van der Waals surface area (Å²) in [5.41, 5.74) is 3.42. The predicted molar refractivity (Wildman–Crippen MR) is 80.9 cm³/mol. The normalized spacial score (nSPS) is 17.8. The zero-order valence-electron chi connectivity index (χ0n) is 10.9. The number of nitrogens with two attached hydrogens (primary N) is 1. The first-order chi connectivity index (χ1) is 9.19. The molecule has 1 atom stereocenters. The average Bonchev–Trinajstić information content (AvgIpc) is 2.91. The minimum Gasteiger partial charge on any atom is -0.271 e. The van der Waals surface area contributed by atoms with Gasteiger partial charge in [0, 0.05) is 22.1 Å². The molecule has 0 amide bonds. The lowest BCUT2D eigenvalue weighted by molar-refractivity contribution is 0.546. The van der Waals surface area contributed by atoms with Gasteiger partial charge in [0.25, 0.3) is 0 Å². The highest BCUT2D eigenvalue weighted by Crippen LogP contribution is 2.30. The second-order valence-electron chi connectivity index (χ2n) is 5.04. The second-order valence-corrected chi connectivity index (χ2v) is 6.81. The third-order valence-electron chi connectivity index (χ3n) is 3.55. The number of benzene rings is 1. The van der Waals surface area contributed by atoms with Crippen LogP contribution in [0.2, 0.25) is 5.02 Å². The summed E-state index contributed by atoms with van der Waals surface area (Å²) in [6.45, 7) is 0. The maximum absolute atomic E-state index is 13.7. The van der Waals surface area contributed by atoms with Gasteiger partial charge in [0.2, 0.25) is 0 Å². The van der Waals surface area contributed by atoms with Crippen molar-refractivity contribution in [2.24, 2.45) is 5.84 Å². The van der Waals surface area contributed by atoms with Crippen LogP contribution in [0, 0.1) is 5.82 Å². The molecule has 0 saturated heterocycles. The Morgan fingerprint density at radius 2 is 2.16 bits per heavy atom. The molecule has 1 aromatic rings. The van der Waals surface area contributed by atoms with Crippen LogP contribution in [0.5, 0.6) is 0 Å². The highest BCUT2D eigenvalue weighted by atomic mass is 35.5. The fraction of sp³-hybridized carbons (Fsp3) is 0.571. The van der Waals surface area contributed by atoms with E-state index in [0.717, 1.165) is 11.0 Å². The molecule has 1 aliphatic carbocycles. The number of rotatable bonds is 6. The summed E-state index contributed by atoms with van der Waals surface area (Å²) >= 11 is 7.85. The number of hydrogen-bond acceptors (Lipinski definition) is 3. The van der Waals surface area contributed by atoms with Crippen molar-refractivity contribution in [3.8, 4) is 0 Å². The van der Waals surface area contributed by atoms with Crippen molar-refractivity contribution in [2.75, 3.05) is 5.75 Å². The van der Waals surface area contributed by atoms with Crippen LogP contribution >= 0.6 is 23.4 Å².